The average molecular weight is 282 g/mol. The van der Waals surface area contributed by atoms with Crippen molar-refractivity contribution < 1.29 is 0 Å². The second-order valence-electron chi connectivity index (χ2n) is 5.09. The molecule has 0 aliphatic carbocycles. The van der Waals surface area contributed by atoms with Crippen molar-refractivity contribution in [2.45, 2.75) is 40.0 Å². The van der Waals surface area contributed by atoms with E-state index in [1.54, 1.807) is 11.3 Å². The summed E-state index contributed by atoms with van der Waals surface area (Å²) in [5, 5.41) is 10.00. The molecule has 0 bridgehead atoms. The summed E-state index contributed by atoms with van der Waals surface area (Å²) in [6.45, 7) is 8.41. The Morgan fingerprint density at radius 2 is 2.11 bits per heavy atom. The van der Waals surface area contributed by atoms with Crippen LogP contribution in [0, 0.1) is 12.8 Å². The zero-order valence-electron chi connectivity index (χ0n) is 12.5. The van der Waals surface area contributed by atoms with Gasteiger partial charge in [0.05, 0.1) is 5.01 Å². The third kappa shape index (κ3) is 7.15. The number of hydrogen-bond acceptors (Lipinski definition) is 3. The summed E-state index contributed by atoms with van der Waals surface area (Å²) in [5.74, 6) is 1.62. The standard InChI is InChI=1S/C14H26N4S/c1-11(2)7-9-17-14(15-4)16-8-5-6-13-18-12(3)10-19-13/h10-11H,5-9H2,1-4H3,(H2,15,16,17). The van der Waals surface area contributed by atoms with Crippen LogP contribution in [0.3, 0.4) is 0 Å². The molecule has 0 aliphatic heterocycles. The monoisotopic (exact) mass is 282 g/mol. The molecule has 19 heavy (non-hydrogen) atoms. The topological polar surface area (TPSA) is 49.3 Å². The van der Waals surface area contributed by atoms with E-state index in [9.17, 15) is 0 Å². The van der Waals surface area contributed by atoms with Gasteiger partial charge in [0.1, 0.15) is 0 Å². The average Bonchev–Trinajstić information content (AvgIpc) is 2.77. The first-order valence-corrected chi connectivity index (χ1v) is 7.85. The summed E-state index contributed by atoms with van der Waals surface area (Å²) in [5.41, 5.74) is 1.12. The van der Waals surface area contributed by atoms with E-state index < -0.39 is 0 Å². The predicted octanol–water partition coefficient (Wildman–Crippen LogP) is 2.60. The van der Waals surface area contributed by atoms with E-state index >= 15 is 0 Å². The second kappa shape index (κ2) is 8.91. The molecule has 0 fully saturated rings. The van der Waals surface area contributed by atoms with Crippen molar-refractivity contribution in [2.24, 2.45) is 10.9 Å². The molecular weight excluding hydrogens is 256 g/mol. The van der Waals surface area contributed by atoms with Crippen molar-refractivity contribution in [1.29, 1.82) is 0 Å². The maximum atomic E-state index is 4.46. The van der Waals surface area contributed by atoms with Crippen molar-refractivity contribution in [3.63, 3.8) is 0 Å². The van der Waals surface area contributed by atoms with E-state index in [4.69, 9.17) is 0 Å². The molecule has 0 saturated carbocycles. The quantitative estimate of drug-likeness (QED) is 0.459. The van der Waals surface area contributed by atoms with Crippen molar-refractivity contribution in [3.05, 3.63) is 16.1 Å². The van der Waals surface area contributed by atoms with Gasteiger partial charge in [-0.3, -0.25) is 4.99 Å². The largest absolute Gasteiger partial charge is 0.356 e. The molecule has 0 aromatic carbocycles. The molecule has 0 atom stereocenters. The van der Waals surface area contributed by atoms with Crippen LogP contribution in [0.15, 0.2) is 10.4 Å². The van der Waals surface area contributed by atoms with Gasteiger partial charge >= 0.3 is 0 Å². The lowest BCUT2D eigenvalue weighted by molar-refractivity contribution is 0.573. The van der Waals surface area contributed by atoms with E-state index in [0.29, 0.717) is 0 Å². The van der Waals surface area contributed by atoms with Crippen molar-refractivity contribution in [3.8, 4) is 0 Å². The first-order chi connectivity index (χ1) is 9.11. The fraction of sp³-hybridized carbons (Fsp3) is 0.714. The van der Waals surface area contributed by atoms with Gasteiger partial charge in [0.2, 0.25) is 0 Å². The highest BCUT2D eigenvalue weighted by molar-refractivity contribution is 7.09. The van der Waals surface area contributed by atoms with Crippen LogP contribution in [0.25, 0.3) is 0 Å². The van der Waals surface area contributed by atoms with Gasteiger partial charge < -0.3 is 10.6 Å². The van der Waals surface area contributed by atoms with Crippen molar-refractivity contribution in [1.82, 2.24) is 15.6 Å². The van der Waals surface area contributed by atoms with Gasteiger partial charge in [0, 0.05) is 37.6 Å². The first-order valence-electron chi connectivity index (χ1n) is 6.97. The number of thiazole rings is 1. The highest BCUT2D eigenvalue weighted by atomic mass is 32.1. The number of hydrogen-bond donors (Lipinski definition) is 2. The van der Waals surface area contributed by atoms with Gasteiger partial charge in [0.25, 0.3) is 0 Å². The van der Waals surface area contributed by atoms with Crippen LogP contribution in [0.4, 0.5) is 0 Å². The number of nitrogens with zero attached hydrogens (tertiary/aromatic N) is 2. The van der Waals surface area contributed by atoms with Crippen LogP contribution in [0.1, 0.15) is 37.4 Å². The Labute approximate surface area is 120 Å². The summed E-state index contributed by atoms with van der Waals surface area (Å²) in [6, 6.07) is 0. The maximum Gasteiger partial charge on any atom is 0.190 e. The number of guanidine groups is 1. The van der Waals surface area contributed by atoms with Crippen LogP contribution >= 0.6 is 11.3 Å². The fourth-order valence-electron chi connectivity index (χ4n) is 1.66. The molecule has 2 N–H and O–H groups in total. The summed E-state index contributed by atoms with van der Waals surface area (Å²) in [7, 11) is 1.81. The number of rotatable bonds is 7. The molecule has 0 unspecified atom stereocenters. The highest BCUT2D eigenvalue weighted by Crippen LogP contribution is 2.10. The van der Waals surface area contributed by atoms with E-state index in [0.717, 1.165) is 43.5 Å². The molecule has 1 aromatic rings. The zero-order valence-corrected chi connectivity index (χ0v) is 13.3. The molecule has 0 saturated heterocycles. The molecule has 1 aromatic heterocycles. The normalized spacial score (nSPS) is 11.9. The van der Waals surface area contributed by atoms with Crippen LogP contribution in [-0.4, -0.2) is 31.1 Å². The molecule has 0 radical (unpaired) electrons. The number of aromatic nitrogens is 1. The predicted molar refractivity (Wildman–Crippen MR) is 84.0 cm³/mol. The minimum Gasteiger partial charge on any atom is -0.356 e. The van der Waals surface area contributed by atoms with Crippen molar-refractivity contribution >= 4 is 17.3 Å². The van der Waals surface area contributed by atoms with Crippen LogP contribution in [0.5, 0.6) is 0 Å². The highest BCUT2D eigenvalue weighted by Gasteiger charge is 2.00. The molecule has 0 amide bonds. The lowest BCUT2D eigenvalue weighted by atomic mass is 10.1. The van der Waals surface area contributed by atoms with Gasteiger partial charge in [-0.2, -0.15) is 0 Å². The third-order valence-corrected chi connectivity index (χ3v) is 3.79. The Kier molecular flexibility index (Phi) is 7.48. The Morgan fingerprint density at radius 3 is 2.68 bits per heavy atom. The maximum absolute atomic E-state index is 4.46. The fourth-order valence-corrected chi connectivity index (χ4v) is 2.48. The van der Waals surface area contributed by atoms with Gasteiger partial charge in [-0.25, -0.2) is 4.98 Å². The number of aliphatic imine (C=N–C) groups is 1. The molecule has 1 rings (SSSR count). The molecule has 0 spiro atoms. The Morgan fingerprint density at radius 1 is 1.37 bits per heavy atom. The smallest absolute Gasteiger partial charge is 0.190 e. The molecule has 5 heteroatoms. The van der Waals surface area contributed by atoms with Gasteiger partial charge in [-0.15, -0.1) is 11.3 Å². The summed E-state index contributed by atoms with van der Waals surface area (Å²) >= 11 is 1.75. The summed E-state index contributed by atoms with van der Waals surface area (Å²) in [4.78, 5) is 8.68. The lowest BCUT2D eigenvalue weighted by Gasteiger charge is -2.12. The summed E-state index contributed by atoms with van der Waals surface area (Å²) < 4.78 is 0. The van der Waals surface area contributed by atoms with E-state index in [-0.39, 0.29) is 0 Å². The molecular formula is C14H26N4S. The van der Waals surface area contributed by atoms with E-state index in [1.807, 2.05) is 14.0 Å². The van der Waals surface area contributed by atoms with Crippen LogP contribution in [-0.2, 0) is 6.42 Å². The van der Waals surface area contributed by atoms with Crippen LogP contribution in [0.2, 0.25) is 0 Å². The van der Waals surface area contributed by atoms with Crippen molar-refractivity contribution in [2.75, 3.05) is 20.1 Å². The van der Waals surface area contributed by atoms with Gasteiger partial charge in [-0.1, -0.05) is 13.8 Å². The molecule has 0 aliphatic rings. The van der Waals surface area contributed by atoms with Gasteiger partial charge in [-0.05, 0) is 25.7 Å². The second-order valence-corrected chi connectivity index (χ2v) is 6.04. The third-order valence-electron chi connectivity index (χ3n) is 2.76. The lowest BCUT2D eigenvalue weighted by Crippen LogP contribution is -2.38. The van der Waals surface area contributed by atoms with Crippen LogP contribution < -0.4 is 10.6 Å². The molecule has 1 heterocycles. The number of nitrogens with one attached hydrogen (secondary N) is 2. The Hall–Kier alpha value is -1.10. The SMILES string of the molecule is CN=C(NCCCc1nc(C)cs1)NCCC(C)C. The first kappa shape index (κ1) is 16.0. The minimum atomic E-state index is 0.721. The molecule has 108 valence electrons. The minimum absolute atomic E-state index is 0.721. The number of aryl methyl sites for hydroxylation is 2. The molecule has 4 nitrogen and oxygen atoms in total. The Bertz CT molecular complexity index is 385. The zero-order chi connectivity index (χ0) is 14.1. The van der Waals surface area contributed by atoms with Gasteiger partial charge in [0.15, 0.2) is 5.96 Å². The summed E-state index contributed by atoms with van der Waals surface area (Å²) in [6.07, 6.45) is 3.28. The Balaban J connectivity index is 2.12. The van der Waals surface area contributed by atoms with E-state index in [2.05, 4.69) is 39.8 Å². The van der Waals surface area contributed by atoms with E-state index in [1.165, 1.54) is 11.4 Å².